The van der Waals surface area contributed by atoms with E-state index in [-0.39, 0.29) is 17.6 Å². The van der Waals surface area contributed by atoms with Gasteiger partial charge in [-0.1, -0.05) is 0 Å². The van der Waals surface area contributed by atoms with Crippen molar-refractivity contribution >= 4 is 29.0 Å². The van der Waals surface area contributed by atoms with Crippen molar-refractivity contribution in [2.24, 2.45) is 0 Å². The molecule has 1 aliphatic heterocycles. The molecule has 1 amide bonds. The summed E-state index contributed by atoms with van der Waals surface area (Å²) in [5.74, 6) is -0.578. The standard InChI is InChI=1S/C14H15N5O3S/c20-13(11-6-15-8-23-11)19-3-1-9(2-4-19)18-12-5-10(14(21)22)16-7-17-12/h5-9H,1-4H2,(H,21,22)(H,16,17,18). The van der Waals surface area contributed by atoms with E-state index in [0.717, 1.165) is 12.8 Å². The number of amides is 1. The van der Waals surface area contributed by atoms with Gasteiger partial charge in [0.2, 0.25) is 0 Å². The highest BCUT2D eigenvalue weighted by molar-refractivity contribution is 7.11. The minimum Gasteiger partial charge on any atom is -0.477 e. The van der Waals surface area contributed by atoms with E-state index >= 15 is 0 Å². The topological polar surface area (TPSA) is 108 Å². The van der Waals surface area contributed by atoms with E-state index in [1.54, 1.807) is 11.7 Å². The molecule has 1 fully saturated rings. The molecule has 2 aromatic heterocycles. The number of carboxylic acids is 1. The predicted molar refractivity (Wildman–Crippen MR) is 83.7 cm³/mol. The summed E-state index contributed by atoms with van der Waals surface area (Å²) in [4.78, 5) is 37.3. The second-order valence-electron chi connectivity index (χ2n) is 5.17. The molecule has 0 spiro atoms. The fourth-order valence-corrected chi connectivity index (χ4v) is 3.05. The van der Waals surface area contributed by atoms with Crippen molar-refractivity contribution in [1.82, 2.24) is 19.9 Å². The lowest BCUT2D eigenvalue weighted by Gasteiger charge is -2.32. The molecule has 8 nitrogen and oxygen atoms in total. The number of hydrogen-bond acceptors (Lipinski definition) is 7. The van der Waals surface area contributed by atoms with Gasteiger partial charge in [-0.2, -0.15) is 0 Å². The minimum atomic E-state index is -1.08. The fraction of sp³-hybridized carbons (Fsp3) is 0.357. The largest absolute Gasteiger partial charge is 0.477 e. The van der Waals surface area contributed by atoms with Crippen LogP contribution in [0.4, 0.5) is 5.82 Å². The predicted octanol–water partition coefficient (Wildman–Crippen LogP) is 1.35. The van der Waals surface area contributed by atoms with Gasteiger partial charge in [-0.25, -0.2) is 14.8 Å². The van der Waals surface area contributed by atoms with Crippen LogP contribution in [0.25, 0.3) is 0 Å². The van der Waals surface area contributed by atoms with Gasteiger partial charge < -0.3 is 15.3 Å². The van der Waals surface area contributed by atoms with Gasteiger partial charge in [0.25, 0.3) is 5.91 Å². The van der Waals surface area contributed by atoms with Crippen LogP contribution in [0.5, 0.6) is 0 Å². The number of carboxylic acid groups (broad SMARTS) is 1. The first kappa shape index (κ1) is 15.3. The fourth-order valence-electron chi connectivity index (χ4n) is 2.47. The molecule has 2 aromatic rings. The van der Waals surface area contributed by atoms with Crippen LogP contribution >= 0.6 is 11.3 Å². The molecule has 0 aliphatic carbocycles. The van der Waals surface area contributed by atoms with Crippen molar-refractivity contribution in [1.29, 1.82) is 0 Å². The lowest BCUT2D eigenvalue weighted by Crippen LogP contribution is -2.42. The molecule has 120 valence electrons. The van der Waals surface area contributed by atoms with E-state index in [9.17, 15) is 9.59 Å². The summed E-state index contributed by atoms with van der Waals surface area (Å²) < 4.78 is 0. The monoisotopic (exact) mass is 333 g/mol. The molecule has 0 radical (unpaired) electrons. The zero-order valence-corrected chi connectivity index (χ0v) is 13.0. The summed E-state index contributed by atoms with van der Waals surface area (Å²) in [5, 5.41) is 12.1. The Morgan fingerprint density at radius 1 is 1.30 bits per heavy atom. The quantitative estimate of drug-likeness (QED) is 0.869. The maximum absolute atomic E-state index is 12.2. The lowest BCUT2D eigenvalue weighted by atomic mass is 10.0. The normalized spacial score (nSPS) is 15.4. The van der Waals surface area contributed by atoms with Crippen LogP contribution in [-0.2, 0) is 0 Å². The first-order valence-corrected chi connectivity index (χ1v) is 8.01. The van der Waals surface area contributed by atoms with Crippen LogP contribution in [0, 0.1) is 0 Å². The number of nitrogens with one attached hydrogen (secondary N) is 1. The molecule has 1 saturated heterocycles. The van der Waals surface area contributed by atoms with E-state index < -0.39 is 5.97 Å². The summed E-state index contributed by atoms with van der Waals surface area (Å²) in [5.41, 5.74) is 1.61. The molecule has 0 atom stereocenters. The first-order chi connectivity index (χ1) is 11.1. The molecule has 3 rings (SSSR count). The zero-order valence-electron chi connectivity index (χ0n) is 12.2. The van der Waals surface area contributed by atoms with E-state index in [1.165, 1.54) is 23.7 Å². The molecule has 3 heterocycles. The Kier molecular flexibility index (Phi) is 4.47. The average molecular weight is 333 g/mol. The molecule has 0 saturated carbocycles. The van der Waals surface area contributed by atoms with Crippen LogP contribution in [0.3, 0.4) is 0 Å². The number of piperidine rings is 1. The summed E-state index contributed by atoms with van der Waals surface area (Å²) in [6.07, 6.45) is 4.37. The summed E-state index contributed by atoms with van der Waals surface area (Å²) in [7, 11) is 0. The van der Waals surface area contributed by atoms with E-state index in [1.807, 2.05) is 4.90 Å². The molecular weight excluding hydrogens is 318 g/mol. The SMILES string of the molecule is O=C(O)c1cc(NC2CCN(C(=O)c3cncs3)CC2)ncn1. The third-order valence-electron chi connectivity index (χ3n) is 3.66. The van der Waals surface area contributed by atoms with Crippen molar-refractivity contribution in [3.63, 3.8) is 0 Å². The molecule has 1 aliphatic rings. The van der Waals surface area contributed by atoms with Gasteiger partial charge in [0.15, 0.2) is 5.69 Å². The number of carbonyl (C=O) groups excluding carboxylic acids is 1. The van der Waals surface area contributed by atoms with Crippen LogP contribution in [0.2, 0.25) is 0 Å². The Morgan fingerprint density at radius 2 is 2.09 bits per heavy atom. The Bertz CT molecular complexity index is 698. The second-order valence-corrected chi connectivity index (χ2v) is 6.06. The third kappa shape index (κ3) is 3.62. The average Bonchev–Trinajstić information content (AvgIpc) is 3.09. The number of hydrogen-bond donors (Lipinski definition) is 2. The van der Waals surface area contributed by atoms with E-state index in [0.29, 0.717) is 23.8 Å². The van der Waals surface area contributed by atoms with Gasteiger partial charge in [-0.05, 0) is 12.8 Å². The molecule has 23 heavy (non-hydrogen) atoms. The minimum absolute atomic E-state index is 0.0150. The van der Waals surface area contributed by atoms with Gasteiger partial charge in [-0.15, -0.1) is 11.3 Å². The number of aromatic carboxylic acids is 1. The van der Waals surface area contributed by atoms with Crippen LogP contribution in [0.1, 0.15) is 33.0 Å². The van der Waals surface area contributed by atoms with E-state index in [2.05, 4.69) is 20.3 Å². The number of carbonyl (C=O) groups is 2. The van der Waals surface area contributed by atoms with Gasteiger partial charge >= 0.3 is 5.97 Å². The number of aromatic nitrogens is 3. The highest BCUT2D eigenvalue weighted by Gasteiger charge is 2.24. The molecule has 2 N–H and O–H groups in total. The number of anilines is 1. The number of rotatable bonds is 4. The van der Waals surface area contributed by atoms with Crippen LogP contribution < -0.4 is 5.32 Å². The summed E-state index contributed by atoms with van der Waals surface area (Å²) in [6, 6.07) is 1.56. The third-order valence-corrected chi connectivity index (χ3v) is 4.42. The van der Waals surface area contributed by atoms with Crippen molar-refractivity contribution in [3.8, 4) is 0 Å². The maximum Gasteiger partial charge on any atom is 0.354 e. The molecule has 9 heteroatoms. The maximum atomic E-state index is 12.2. The van der Waals surface area contributed by atoms with Gasteiger partial charge in [0.05, 0.1) is 11.7 Å². The molecular formula is C14H15N5O3S. The first-order valence-electron chi connectivity index (χ1n) is 7.13. The summed E-state index contributed by atoms with van der Waals surface area (Å²) in [6.45, 7) is 1.29. The number of thiazole rings is 1. The van der Waals surface area contributed by atoms with Crippen molar-refractivity contribution < 1.29 is 14.7 Å². The Morgan fingerprint density at radius 3 is 2.74 bits per heavy atom. The Hall–Kier alpha value is -2.55. The van der Waals surface area contributed by atoms with Crippen LogP contribution in [-0.4, -0.2) is 56.0 Å². The molecule has 0 unspecified atom stereocenters. The van der Waals surface area contributed by atoms with Gasteiger partial charge in [0, 0.05) is 25.2 Å². The highest BCUT2D eigenvalue weighted by Crippen LogP contribution is 2.18. The Labute approximate surface area is 136 Å². The van der Waals surface area contributed by atoms with Crippen molar-refractivity contribution in [3.05, 3.63) is 34.7 Å². The number of nitrogens with zero attached hydrogens (tertiary/aromatic N) is 4. The van der Waals surface area contributed by atoms with Crippen LogP contribution in [0.15, 0.2) is 24.1 Å². The van der Waals surface area contributed by atoms with E-state index in [4.69, 9.17) is 5.11 Å². The second kappa shape index (κ2) is 6.69. The van der Waals surface area contributed by atoms with Gasteiger partial charge in [-0.3, -0.25) is 9.78 Å². The molecule has 0 aromatic carbocycles. The smallest absolute Gasteiger partial charge is 0.354 e. The van der Waals surface area contributed by atoms with Gasteiger partial charge in [0.1, 0.15) is 17.0 Å². The summed E-state index contributed by atoms with van der Waals surface area (Å²) >= 11 is 1.34. The molecule has 0 bridgehead atoms. The lowest BCUT2D eigenvalue weighted by molar-refractivity contribution is 0.0687. The number of likely N-dealkylation sites (tertiary alicyclic amines) is 1. The Balaban J connectivity index is 1.56. The van der Waals surface area contributed by atoms with Crippen molar-refractivity contribution in [2.45, 2.75) is 18.9 Å². The zero-order chi connectivity index (χ0) is 16.2. The highest BCUT2D eigenvalue weighted by atomic mass is 32.1. The van der Waals surface area contributed by atoms with Crippen molar-refractivity contribution in [2.75, 3.05) is 18.4 Å².